The number of thioether (sulfide) groups is 1. The minimum absolute atomic E-state index is 0.714. The van der Waals surface area contributed by atoms with E-state index in [-0.39, 0.29) is 0 Å². The lowest BCUT2D eigenvalue weighted by Crippen LogP contribution is -1.91. The largest absolute Gasteiger partial charge is 0.496 e. The fourth-order valence-corrected chi connectivity index (χ4v) is 2.20. The van der Waals surface area contributed by atoms with Gasteiger partial charge in [-0.2, -0.15) is 0 Å². The molecule has 0 radical (unpaired) electrons. The van der Waals surface area contributed by atoms with Gasteiger partial charge in [-0.3, -0.25) is 0 Å². The average molecular weight is 245 g/mol. The molecule has 0 spiro atoms. The van der Waals surface area contributed by atoms with Crippen molar-refractivity contribution in [1.82, 2.24) is 0 Å². The maximum atomic E-state index is 5.75. The van der Waals surface area contributed by atoms with Gasteiger partial charge < -0.3 is 10.5 Å². The zero-order chi connectivity index (χ0) is 12.3. The van der Waals surface area contributed by atoms with Gasteiger partial charge in [0, 0.05) is 22.2 Å². The van der Waals surface area contributed by atoms with Crippen LogP contribution in [-0.4, -0.2) is 13.4 Å². The van der Waals surface area contributed by atoms with Gasteiger partial charge in [0.05, 0.1) is 7.11 Å². The molecule has 0 fully saturated rings. The summed E-state index contributed by atoms with van der Waals surface area (Å²) in [4.78, 5) is 1.24. The summed E-state index contributed by atoms with van der Waals surface area (Å²) in [6, 6.07) is 14.1. The van der Waals surface area contributed by atoms with Crippen molar-refractivity contribution in [2.75, 3.05) is 19.1 Å². The van der Waals surface area contributed by atoms with Gasteiger partial charge in [0.15, 0.2) is 0 Å². The lowest BCUT2D eigenvalue weighted by molar-refractivity contribution is 0.416. The molecule has 2 rings (SSSR count). The number of hydrogen-bond acceptors (Lipinski definition) is 3. The van der Waals surface area contributed by atoms with Crippen LogP contribution in [-0.2, 0) is 0 Å². The van der Waals surface area contributed by atoms with Gasteiger partial charge in [-0.25, -0.2) is 0 Å². The van der Waals surface area contributed by atoms with Gasteiger partial charge >= 0.3 is 0 Å². The summed E-state index contributed by atoms with van der Waals surface area (Å²) < 4.78 is 5.37. The quantitative estimate of drug-likeness (QED) is 0.662. The highest BCUT2D eigenvalue weighted by Gasteiger charge is 2.06. The first kappa shape index (κ1) is 11.9. The van der Waals surface area contributed by atoms with Crippen LogP contribution in [0, 0.1) is 0 Å². The SMILES string of the molecule is COc1cc(N)ccc1-c1cccc(SC)c1. The van der Waals surface area contributed by atoms with Crippen molar-refractivity contribution < 1.29 is 4.74 Å². The number of anilines is 1. The zero-order valence-corrected chi connectivity index (χ0v) is 10.8. The van der Waals surface area contributed by atoms with E-state index in [2.05, 4.69) is 30.5 Å². The topological polar surface area (TPSA) is 35.2 Å². The van der Waals surface area contributed by atoms with Crippen LogP contribution < -0.4 is 10.5 Å². The molecule has 0 atom stereocenters. The third-order valence-electron chi connectivity index (χ3n) is 2.61. The molecular formula is C14H15NOS. The van der Waals surface area contributed by atoms with Crippen LogP contribution in [0.2, 0.25) is 0 Å². The van der Waals surface area contributed by atoms with Gasteiger partial charge in [-0.05, 0) is 36.1 Å². The Bertz CT molecular complexity index is 525. The monoisotopic (exact) mass is 245 g/mol. The van der Waals surface area contributed by atoms with Gasteiger partial charge in [-0.15, -0.1) is 11.8 Å². The van der Waals surface area contributed by atoms with E-state index in [1.807, 2.05) is 18.2 Å². The highest BCUT2D eigenvalue weighted by Crippen LogP contribution is 2.33. The predicted molar refractivity (Wildman–Crippen MR) is 74.6 cm³/mol. The lowest BCUT2D eigenvalue weighted by atomic mass is 10.0. The van der Waals surface area contributed by atoms with Crippen molar-refractivity contribution >= 4 is 17.4 Å². The first-order chi connectivity index (χ1) is 8.24. The zero-order valence-electron chi connectivity index (χ0n) is 9.94. The van der Waals surface area contributed by atoms with Crippen LogP contribution in [0.25, 0.3) is 11.1 Å². The molecular weight excluding hydrogens is 230 g/mol. The Kier molecular flexibility index (Phi) is 3.59. The van der Waals surface area contributed by atoms with Crippen molar-refractivity contribution in [1.29, 1.82) is 0 Å². The van der Waals surface area contributed by atoms with Crippen LogP contribution in [0.3, 0.4) is 0 Å². The summed E-state index contributed by atoms with van der Waals surface area (Å²) in [6.45, 7) is 0. The number of methoxy groups -OCH3 is 1. The third-order valence-corrected chi connectivity index (χ3v) is 3.33. The molecule has 0 saturated heterocycles. The Morgan fingerprint density at radius 2 is 1.94 bits per heavy atom. The molecule has 0 unspecified atom stereocenters. The maximum absolute atomic E-state index is 5.75. The maximum Gasteiger partial charge on any atom is 0.128 e. The predicted octanol–water partition coefficient (Wildman–Crippen LogP) is 3.67. The second-order valence-corrected chi connectivity index (χ2v) is 4.57. The van der Waals surface area contributed by atoms with E-state index in [9.17, 15) is 0 Å². The molecule has 0 saturated carbocycles. The van der Waals surface area contributed by atoms with E-state index in [0.29, 0.717) is 5.69 Å². The molecule has 2 N–H and O–H groups in total. The number of hydrogen-bond donors (Lipinski definition) is 1. The number of benzene rings is 2. The van der Waals surface area contributed by atoms with E-state index >= 15 is 0 Å². The molecule has 2 nitrogen and oxygen atoms in total. The van der Waals surface area contributed by atoms with E-state index in [1.165, 1.54) is 4.90 Å². The van der Waals surface area contributed by atoms with Crippen molar-refractivity contribution in [2.24, 2.45) is 0 Å². The van der Waals surface area contributed by atoms with Crippen LogP contribution in [0.15, 0.2) is 47.4 Å². The Balaban J connectivity index is 2.51. The summed E-state index contributed by atoms with van der Waals surface area (Å²) in [6.07, 6.45) is 2.07. The molecule has 0 aliphatic rings. The minimum atomic E-state index is 0.714. The van der Waals surface area contributed by atoms with E-state index in [1.54, 1.807) is 18.9 Å². The lowest BCUT2D eigenvalue weighted by Gasteiger charge is -2.10. The fourth-order valence-electron chi connectivity index (χ4n) is 1.74. The van der Waals surface area contributed by atoms with Crippen molar-refractivity contribution in [3.8, 4) is 16.9 Å². The summed E-state index contributed by atoms with van der Waals surface area (Å²) in [5, 5.41) is 0. The van der Waals surface area contributed by atoms with Crippen molar-refractivity contribution in [3.63, 3.8) is 0 Å². The number of nitrogen functional groups attached to an aromatic ring is 1. The van der Waals surface area contributed by atoms with Crippen LogP contribution in [0.5, 0.6) is 5.75 Å². The normalized spacial score (nSPS) is 10.2. The molecule has 0 aliphatic heterocycles. The van der Waals surface area contributed by atoms with Crippen LogP contribution >= 0.6 is 11.8 Å². The molecule has 88 valence electrons. The molecule has 2 aromatic carbocycles. The molecule has 0 aliphatic carbocycles. The first-order valence-corrected chi connectivity index (χ1v) is 6.55. The van der Waals surface area contributed by atoms with E-state index in [0.717, 1.165) is 16.9 Å². The van der Waals surface area contributed by atoms with Crippen molar-refractivity contribution in [3.05, 3.63) is 42.5 Å². The van der Waals surface area contributed by atoms with E-state index in [4.69, 9.17) is 10.5 Å². The Hall–Kier alpha value is -1.61. The molecule has 2 aromatic rings. The molecule has 0 bridgehead atoms. The first-order valence-electron chi connectivity index (χ1n) is 5.32. The molecule has 0 heterocycles. The number of ether oxygens (including phenoxy) is 1. The average Bonchev–Trinajstić information content (AvgIpc) is 2.38. The smallest absolute Gasteiger partial charge is 0.128 e. The summed E-state index contributed by atoms with van der Waals surface area (Å²) in [7, 11) is 1.66. The van der Waals surface area contributed by atoms with Crippen LogP contribution in [0.4, 0.5) is 5.69 Å². The van der Waals surface area contributed by atoms with Gasteiger partial charge in [0.2, 0.25) is 0 Å². The van der Waals surface area contributed by atoms with Crippen LogP contribution in [0.1, 0.15) is 0 Å². The highest BCUT2D eigenvalue weighted by atomic mass is 32.2. The Labute approximate surface area is 106 Å². The third kappa shape index (κ3) is 2.56. The van der Waals surface area contributed by atoms with Gasteiger partial charge in [0.1, 0.15) is 5.75 Å². The Morgan fingerprint density at radius 1 is 1.12 bits per heavy atom. The summed E-state index contributed by atoms with van der Waals surface area (Å²) in [5.74, 6) is 0.809. The van der Waals surface area contributed by atoms with Gasteiger partial charge in [-0.1, -0.05) is 12.1 Å². The van der Waals surface area contributed by atoms with Crippen molar-refractivity contribution in [2.45, 2.75) is 4.90 Å². The second kappa shape index (κ2) is 5.15. The second-order valence-electron chi connectivity index (χ2n) is 3.69. The fraction of sp³-hybridized carbons (Fsp3) is 0.143. The molecule has 0 aromatic heterocycles. The van der Waals surface area contributed by atoms with E-state index < -0.39 is 0 Å². The summed E-state index contributed by atoms with van der Waals surface area (Å²) in [5.41, 5.74) is 8.68. The molecule has 17 heavy (non-hydrogen) atoms. The highest BCUT2D eigenvalue weighted by molar-refractivity contribution is 7.98. The minimum Gasteiger partial charge on any atom is -0.496 e. The summed E-state index contributed by atoms with van der Waals surface area (Å²) >= 11 is 1.73. The number of nitrogens with two attached hydrogens (primary N) is 1. The number of rotatable bonds is 3. The Morgan fingerprint density at radius 3 is 2.65 bits per heavy atom. The molecule has 3 heteroatoms. The van der Waals surface area contributed by atoms with Gasteiger partial charge in [0.25, 0.3) is 0 Å². The standard InChI is InChI=1S/C14H15NOS/c1-16-14-9-11(15)6-7-13(14)10-4-3-5-12(8-10)17-2/h3-9H,15H2,1-2H3. The molecule has 0 amide bonds.